The molecule has 1 aliphatic carbocycles. The van der Waals surface area contributed by atoms with Gasteiger partial charge in [-0.05, 0) is 23.8 Å². The zero-order valence-corrected chi connectivity index (χ0v) is 8.56. The molecule has 0 radical (unpaired) electrons. The summed E-state index contributed by atoms with van der Waals surface area (Å²) in [6.45, 7) is 5.64. The lowest BCUT2D eigenvalue weighted by Gasteiger charge is -1.97. The van der Waals surface area contributed by atoms with Crippen LogP contribution in [0.5, 0.6) is 0 Å². The Bertz CT molecular complexity index is 304. The predicted molar refractivity (Wildman–Crippen MR) is 52.4 cm³/mol. The fourth-order valence-electron chi connectivity index (χ4n) is 1.88. The van der Waals surface area contributed by atoms with E-state index in [0.717, 1.165) is 5.57 Å². The molecule has 0 amide bonds. The van der Waals surface area contributed by atoms with E-state index < -0.39 is 5.97 Å². The van der Waals surface area contributed by atoms with Gasteiger partial charge in [-0.15, -0.1) is 0 Å². The van der Waals surface area contributed by atoms with Crippen LogP contribution in [0.2, 0.25) is 0 Å². The van der Waals surface area contributed by atoms with Gasteiger partial charge in [-0.25, -0.2) is 0 Å². The largest absolute Gasteiger partial charge is 0.481 e. The lowest BCUT2D eigenvalue weighted by atomic mass is 10.1. The van der Waals surface area contributed by atoms with Crippen molar-refractivity contribution in [1.29, 1.82) is 0 Å². The van der Waals surface area contributed by atoms with Crippen LogP contribution in [-0.2, 0) is 4.79 Å². The first kappa shape index (κ1) is 10.8. The SMILES string of the molecule is CC(=C[C@@H]1[C@@H](C(=O)O)C1(C)C)/C=N/O. The summed E-state index contributed by atoms with van der Waals surface area (Å²) in [5.41, 5.74) is 0.602. The van der Waals surface area contributed by atoms with Crippen LogP contribution < -0.4 is 0 Å². The van der Waals surface area contributed by atoms with Crippen LogP contribution in [-0.4, -0.2) is 22.5 Å². The summed E-state index contributed by atoms with van der Waals surface area (Å²) in [6.07, 6.45) is 3.16. The molecule has 14 heavy (non-hydrogen) atoms. The van der Waals surface area contributed by atoms with Crippen molar-refractivity contribution in [3.05, 3.63) is 11.6 Å². The van der Waals surface area contributed by atoms with Gasteiger partial charge < -0.3 is 10.3 Å². The van der Waals surface area contributed by atoms with Gasteiger partial charge in [0.25, 0.3) is 0 Å². The molecule has 0 aromatic heterocycles. The summed E-state index contributed by atoms with van der Waals surface area (Å²) >= 11 is 0. The number of allylic oxidation sites excluding steroid dienone is 2. The molecular formula is C10H15NO3. The number of oxime groups is 1. The summed E-state index contributed by atoms with van der Waals surface area (Å²) in [5.74, 6) is -1.03. The summed E-state index contributed by atoms with van der Waals surface area (Å²) in [4.78, 5) is 10.8. The molecular weight excluding hydrogens is 182 g/mol. The molecule has 2 N–H and O–H groups in total. The van der Waals surface area contributed by atoms with Crippen LogP contribution in [0, 0.1) is 17.3 Å². The van der Waals surface area contributed by atoms with Crippen molar-refractivity contribution >= 4 is 12.2 Å². The molecule has 0 aromatic carbocycles. The second-order valence-corrected chi connectivity index (χ2v) is 4.32. The van der Waals surface area contributed by atoms with Crippen LogP contribution >= 0.6 is 0 Å². The quantitative estimate of drug-likeness (QED) is 0.411. The monoisotopic (exact) mass is 197 g/mol. The Kier molecular flexibility index (Phi) is 2.64. The Morgan fingerprint density at radius 2 is 2.07 bits per heavy atom. The van der Waals surface area contributed by atoms with Crippen molar-refractivity contribution in [1.82, 2.24) is 0 Å². The smallest absolute Gasteiger partial charge is 0.307 e. The molecule has 1 fully saturated rings. The summed E-state index contributed by atoms with van der Waals surface area (Å²) in [5, 5.41) is 20.1. The fourth-order valence-corrected chi connectivity index (χ4v) is 1.88. The third-order valence-corrected chi connectivity index (χ3v) is 2.88. The van der Waals surface area contributed by atoms with E-state index in [1.807, 2.05) is 19.9 Å². The summed E-state index contributed by atoms with van der Waals surface area (Å²) in [6, 6.07) is 0. The molecule has 1 aliphatic rings. The van der Waals surface area contributed by atoms with Gasteiger partial charge in [0.1, 0.15) is 0 Å². The number of nitrogens with zero attached hydrogens (tertiary/aromatic N) is 1. The number of hydrogen-bond acceptors (Lipinski definition) is 3. The van der Waals surface area contributed by atoms with Crippen LogP contribution in [0.15, 0.2) is 16.8 Å². The normalized spacial score (nSPS) is 30.6. The highest BCUT2D eigenvalue weighted by Gasteiger charge is 2.60. The van der Waals surface area contributed by atoms with Gasteiger partial charge in [-0.1, -0.05) is 25.1 Å². The van der Waals surface area contributed by atoms with Crippen molar-refractivity contribution in [3.8, 4) is 0 Å². The zero-order valence-electron chi connectivity index (χ0n) is 8.56. The highest BCUT2D eigenvalue weighted by molar-refractivity contribution is 5.80. The van der Waals surface area contributed by atoms with Gasteiger partial charge >= 0.3 is 5.97 Å². The molecule has 0 spiro atoms. The van der Waals surface area contributed by atoms with Crippen molar-refractivity contribution in [2.24, 2.45) is 22.4 Å². The number of hydrogen-bond donors (Lipinski definition) is 2. The van der Waals surface area contributed by atoms with Crippen molar-refractivity contribution in [2.45, 2.75) is 20.8 Å². The number of rotatable bonds is 3. The van der Waals surface area contributed by atoms with E-state index in [9.17, 15) is 4.79 Å². The van der Waals surface area contributed by atoms with Crippen molar-refractivity contribution in [3.63, 3.8) is 0 Å². The van der Waals surface area contributed by atoms with E-state index in [2.05, 4.69) is 5.16 Å². The number of carboxylic acid groups (broad SMARTS) is 1. The Morgan fingerprint density at radius 3 is 2.43 bits per heavy atom. The third kappa shape index (κ3) is 1.78. The van der Waals surface area contributed by atoms with E-state index in [1.165, 1.54) is 6.21 Å². The van der Waals surface area contributed by atoms with Gasteiger partial charge in [0.15, 0.2) is 0 Å². The van der Waals surface area contributed by atoms with E-state index in [4.69, 9.17) is 10.3 Å². The van der Waals surface area contributed by atoms with Crippen LogP contribution in [0.1, 0.15) is 20.8 Å². The lowest BCUT2D eigenvalue weighted by molar-refractivity contribution is -0.139. The fraction of sp³-hybridized carbons (Fsp3) is 0.600. The summed E-state index contributed by atoms with van der Waals surface area (Å²) in [7, 11) is 0. The third-order valence-electron chi connectivity index (χ3n) is 2.88. The minimum atomic E-state index is -0.759. The van der Waals surface area contributed by atoms with Crippen LogP contribution in [0.4, 0.5) is 0 Å². The van der Waals surface area contributed by atoms with Crippen LogP contribution in [0.3, 0.4) is 0 Å². The molecule has 0 bridgehead atoms. The Hall–Kier alpha value is -1.32. The van der Waals surface area contributed by atoms with Gasteiger partial charge in [0, 0.05) is 0 Å². The highest BCUT2D eigenvalue weighted by atomic mass is 16.4. The minimum Gasteiger partial charge on any atom is -0.481 e. The molecule has 4 heteroatoms. The molecule has 78 valence electrons. The molecule has 0 aliphatic heterocycles. The average molecular weight is 197 g/mol. The maximum Gasteiger partial charge on any atom is 0.307 e. The molecule has 4 nitrogen and oxygen atoms in total. The van der Waals surface area contributed by atoms with Crippen molar-refractivity contribution < 1.29 is 15.1 Å². The maximum absolute atomic E-state index is 10.8. The lowest BCUT2D eigenvalue weighted by Crippen LogP contribution is -2.03. The highest BCUT2D eigenvalue weighted by Crippen LogP contribution is 2.59. The Morgan fingerprint density at radius 1 is 1.50 bits per heavy atom. The number of aliphatic carboxylic acids is 1. The molecule has 1 saturated carbocycles. The van der Waals surface area contributed by atoms with E-state index in [-0.39, 0.29) is 17.3 Å². The molecule has 0 heterocycles. The van der Waals surface area contributed by atoms with E-state index in [1.54, 1.807) is 6.92 Å². The molecule has 1 rings (SSSR count). The van der Waals surface area contributed by atoms with Crippen LogP contribution in [0.25, 0.3) is 0 Å². The topological polar surface area (TPSA) is 69.9 Å². The second-order valence-electron chi connectivity index (χ2n) is 4.32. The number of carboxylic acids is 1. The van der Waals surface area contributed by atoms with Crippen molar-refractivity contribution in [2.75, 3.05) is 0 Å². The van der Waals surface area contributed by atoms with E-state index >= 15 is 0 Å². The molecule has 0 saturated heterocycles. The summed E-state index contributed by atoms with van der Waals surface area (Å²) < 4.78 is 0. The molecule has 0 unspecified atom stereocenters. The second kappa shape index (κ2) is 3.44. The Balaban J connectivity index is 2.75. The first-order valence-electron chi connectivity index (χ1n) is 4.50. The first-order valence-corrected chi connectivity index (χ1v) is 4.50. The maximum atomic E-state index is 10.8. The standard InChI is InChI=1S/C10H15NO3/c1-6(5-11-14)4-7-8(9(12)13)10(7,2)3/h4-5,7-8,14H,1-3H3,(H,12,13)/b6-4?,11-5+/t7-,8+/m1/s1. The van der Waals surface area contributed by atoms with Gasteiger partial charge in [0.05, 0.1) is 12.1 Å². The number of carbonyl (C=O) groups is 1. The molecule has 2 atom stereocenters. The zero-order chi connectivity index (χ0) is 10.9. The minimum absolute atomic E-state index is 0.0398. The van der Waals surface area contributed by atoms with Gasteiger partial charge in [-0.2, -0.15) is 0 Å². The van der Waals surface area contributed by atoms with Gasteiger partial charge in [-0.3, -0.25) is 4.79 Å². The van der Waals surface area contributed by atoms with Gasteiger partial charge in [0.2, 0.25) is 0 Å². The average Bonchev–Trinajstić information content (AvgIpc) is 2.53. The first-order chi connectivity index (χ1) is 6.41. The molecule has 0 aromatic rings. The predicted octanol–water partition coefficient (Wildman–Crippen LogP) is 1.75. The van der Waals surface area contributed by atoms with E-state index in [0.29, 0.717) is 0 Å². The Labute approximate surface area is 82.9 Å².